The lowest BCUT2D eigenvalue weighted by Crippen LogP contribution is -2.10. The van der Waals surface area contributed by atoms with Crippen molar-refractivity contribution in [2.45, 2.75) is 18.6 Å². The molecule has 0 amide bonds. The lowest BCUT2D eigenvalue weighted by atomic mass is 10.1. The van der Waals surface area contributed by atoms with Crippen molar-refractivity contribution in [2.75, 3.05) is 26.4 Å². The Hall–Kier alpha value is -2.04. The molecule has 2 heterocycles. The van der Waals surface area contributed by atoms with Gasteiger partial charge < -0.3 is 18.9 Å². The van der Waals surface area contributed by atoms with Gasteiger partial charge in [-0.25, -0.2) is 0 Å². The summed E-state index contributed by atoms with van der Waals surface area (Å²) in [4.78, 5) is 0. The van der Waals surface area contributed by atoms with Gasteiger partial charge in [-0.3, -0.25) is 0 Å². The molecule has 2 aromatic rings. The summed E-state index contributed by atoms with van der Waals surface area (Å²) in [6.45, 7) is 2.76. The molecular weight excluding hydrogens is 292 g/mol. The lowest BCUT2D eigenvalue weighted by molar-refractivity contribution is 0.227. The molecule has 0 saturated carbocycles. The summed E-state index contributed by atoms with van der Waals surface area (Å²) in [5.41, 5.74) is 5.12. The van der Waals surface area contributed by atoms with Crippen molar-refractivity contribution < 1.29 is 18.9 Å². The molecule has 0 aromatic heterocycles. The van der Waals surface area contributed by atoms with Crippen LogP contribution < -0.4 is 9.47 Å². The van der Waals surface area contributed by atoms with Crippen LogP contribution in [0, 0.1) is 0 Å². The van der Waals surface area contributed by atoms with Gasteiger partial charge in [0, 0.05) is 12.0 Å². The van der Waals surface area contributed by atoms with Crippen molar-refractivity contribution in [3.8, 4) is 22.6 Å². The van der Waals surface area contributed by atoms with E-state index in [1.54, 1.807) is 0 Å². The van der Waals surface area contributed by atoms with Crippen molar-refractivity contribution in [1.29, 1.82) is 0 Å². The van der Waals surface area contributed by atoms with Gasteiger partial charge in [0.1, 0.15) is 25.4 Å². The predicted molar refractivity (Wildman–Crippen MR) is 85.2 cm³/mol. The molecule has 5 rings (SSSR count). The highest BCUT2D eigenvalue weighted by molar-refractivity contribution is 5.80. The van der Waals surface area contributed by atoms with E-state index in [-0.39, 0.29) is 12.2 Å². The SMILES string of the molecule is c1ccc2c(c1)Cc1c-2ccc(OCC2CO2)c1OCC1CO1. The molecule has 2 atom stereocenters. The zero-order valence-electron chi connectivity index (χ0n) is 12.8. The molecule has 3 aliphatic rings. The minimum Gasteiger partial charge on any atom is -0.487 e. The van der Waals surface area contributed by atoms with Crippen LogP contribution in [0.4, 0.5) is 0 Å². The van der Waals surface area contributed by atoms with Crippen LogP contribution in [0.1, 0.15) is 11.1 Å². The molecule has 118 valence electrons. The highest BCUT2D eigenvalue weighted by Gasteiger charge is 2.29. The van der Waals surface area contributed by atoms with Gasteiger partial charge in [-0.15, -0.1) is 0 Å². The molecule has 0 bridgehead atoms. The maximum Gasteiger partial charge on any atom is 0.165 e. The van der Waals surface area contributed by atoms with Crippen LogP contribution in [-0.2, 0) is 15.9 Å². The highest BCUT2D eigenvalue weighted by Crippen LogP contribution is 2.45. The van der Waals surface area contributed by atoms with Crippen LogP contribution in [0.3, 0.4) is 0 Å². The van der Waals surface area contributed by atoms with Crippen molar-refractivity contribution in [2.24, 2.45) is 0 Å². The van der Waals surface area contributed by atoms with E-state index in [2.05, 4.69) is 30.3 Å². The van der Waals surface area contributed by atoms with Crippen LogP contribution in [0.25, 0.3) is 11.1 Å². The highest BCUT2D eigenvalue weighted by atomic mass is 16.6. The number of epoxide rings is 2. The molecule has 2 unspecified atom stereocenters. The first-order valence-corrected chi connectivity index (χ1v) is 8.11. The lowest BCUT2D eigenvalue weighted by Gasteiger charge is -2.15. The molecule has 0 N–H and O–H groups in total. The fourth-order valence-corrected chi connectivity index (χ4v) is 3.12. The van der Waals surface area contributed by atoms with Crippen LogP contribution in [0.2, 0.25) is 0 Å². The van der Waals surface area contributed by atoms with E-state index in [9.17, 15) is 0 Å². The van der Waals surface area contributed by atoms with Gasteiger partial charge in [0.2, 0.25) is 0 Å². The summed E-state index contributed by atoms with van der Waals surface area (Å²) in [6.07, 6.45) is 1.36. The summed E-state index contributed by atoms with van der Waals surface area (Å²) >= 11 is 0. The topological polar surface area (TPSA) is 43.5 Å². The molecule has 2 aliphatic heterocycles. The molecule has 2 saturated heterocycles. The van der Waals surface area contributed by atoms with E-state index < -0.39 is 0 Å². The molecule has 1 aliphatic carbocycles. The quantitative estimate of drug-likeness (QED) is 0.657. The Morgan fingerprint density at radius 3 is 2.39 bits per heavy atom. The minimum absolute atomic E-state index is 0.231. The van der Waals surface area contributed by atoms with E-state index >= 15 is 0 Å². The van der Waals surface area contributed by atoms with Gasteiger partial charge in [0.25, 0.3) is 0 Å². The molecule has 23 heavy (non-hydrogen) atoms. The zero-order valence-corrected chi connectivity index (χ0v) is 12.8. The maximum absolute atomic E-state index is 6.10. The predicted octanol–water partition coefficient (Wildman–Crippen LogP) is 2.81. The van der Waals surface area contributed by atoms with Gasteiger partial charge in [-0.2, -0.15) is 0 Å². The average molecular weight is 310 g/mol. The normalized spacial score (nSPS) is 23.1. The van der Waals surface area contributed by atoms with Crippen molar-refractivity contribution in [3.05, 3.63) is 47.5 Å². The second-order valence-electron chi connectivity index (χ2n) is 6.29. The number of hydrogen-bond acceptors (Lipinski definition) is 4. The molecule has 2 fully saturated rings. The van der Waals surface area contributed by atoms with Gasteiger partial charge in [0.15, 0.2) is 11.5 Å². The zero-order chi connectivity index (χ0) is 15.2. The van der Waals surface area contributed by atoms with E-state index in [1.807, 2.05) is 6.07 Å². The maximum atomic E-state index is 6.10. The molecular formula is C19H18O4. The Morgan fingerprint density at radius 2 is 1.61 bits per heavy atom. The van der Waals surface area contributed by atoms with Crippen LogP contribution in [0.15, 0.2) is 36.4 Å². The second kappa shape index (κ2) is 5.25. The summed E-state index contributed by atoms with van der Waals surface area (Å²) in [5, 5.41) is 0. The largest absolute Gasteiger partial charge is 0.487 e. The Labute approximate surface area is 134 Å². The van der Waals surface area contributed by atoms with Gasteiger partial charge in [0.05, 0.1) is 13.2 Å². The molecule has 0 spiro atoms. The molecule has 4 heteroatoms. The number of benzene rings is 2. The smallest absolute Gasteiger partial charge is 0.165 e. The second-order valence-corrected chi connectivity index (χ2v) is 6.29. The van der Waals surface area contributed by atoms with Crippen molar-refractivity contribution in [3.63, 3.8) is 0 Å². The van der Waals surface area contributed by atoms with E-state index in [1.165, 1.54) is 22.3 Å². The first-order chi connectivity index (χ1) is 11.4. The Morgan fingerprint density at radius 1 is 0.870 bits per heavy atom. The van der Waals surface area contributed by atoms with E-state index in [0.717, 1.165) is 31.1 Å². The Balaban J connectivity index is 1.50. The first-order valence-electron chi connectivity index (χ1n) is 8.11. The molecule has 2 aromatic carbocycles. The van der Waals surface area contributed by atoms with Crippen LogP contribution in [0.5, 0.6) is 11.5 Å². The van der Waals surface area contributed by atoms with Crippen LogP contribution >= 0.6 is 0 Å². The minimum atomic E-state index is 0.231. The number of hydrogen-bond donors (Lipinski definition) is 0. The third-order valence-corrected chi connectivity index (χ3v) is 4.54. The third kappa shape index (κ3) is 2.58. The van der Waals surface area contributed by atoms with Gasteiger partial charge in [-0.05, 0) is 22.8 Å². The van der Waals surface area contributed by atoms with Gasteiger partial charge >= 0.3 is 0 Å². The number of ether oxygens (including phenoxy) is 4. The van der Waals surface area contributed by atoms with Crippen molar-refractivity contribution in [1.82, 2.24) is 0 Å². The fourth-order valence-electron chi connectivity index (χ4n) is 3.12. The van der Waals surface area contributed by atoms with Crippen LogP contribution in [-0.4, -0.2) is 38.6 Å². The summed E-state index contributed by atoms with van der Waals surface area (Å²) in [5.74, 6) is 1.68. The fraction of sp³-hybridized carbons (Fsp3) is 0.368. The average Bonchev–Trinajstić information content (AvgIpc) is 3.49. The summed E-state index contributed by atoms with van der Waals surface area (Å²) in [6, 6.07) is 12.7. The third-order valence-electron chi connectivity index (χ3n) is 4.54. The van der Waals surface area contributed by atoms with Gasteiger partial charge in [-0.1, -0.05) is 30.3 Å². The molecule has 0 radical (unpaired) electrons. The number of rotatable bonds is 6. The summed E-state index contributed by atoms with van der Waals surface area (Å²) in [7, 11) is 0. The number of fused-ring (bicyclic) bond motifs is 3. The van der Waals surface area contributed by atoms with Crippen molar-refractivity contribution >= 4 is 0 Å². The molecule has 4 nitrogen and oxygen atoms in total. The van der Waals surface area contributed by atoms with E-state index in [0.29, 0.717) is 13.2 Å². The summed E-state index contributed by atoms with van der Waals surface area (Å²) < 4.78 is 22.6. The Kier molecular flexibility index (Phi) is 3.06. The first kappa shape index (κ1) is 13.4. The Bertz CT molecular complexity index is 747. The standard InChI is InChI=1S/C19H18O4/c1-2-4-15-12(3-1)7-17-16(15)5-6-18(22-10-13-8-20-13)19(17)23-11-14-9-21-14/h1-6,13-14H,7-11H2. The monoisotopic (exact) mass is 310 g/mol. The van der Waals surface area contributed by atoms with E-state index in [4.69, 9.17) is 18.9 Å².